The lowest BCUT2D eigenvalue weighted by atomic mass is 9.94. The van der Waals surface area contributed by atoms with Crippen LogP contribution in [0.3, 0.4) is 0 Å². The molecular formula is C21H23FN6OS. The van der Waals surface area contributed by atoms with Gasteiger partial charge >= 0.3 is 0 Å². The molecule has 3 heterocycles. The number of hydrogen-bond acceptors (Lipinski definition) is 7. The SMILES string of the molecule is Cc1ccc(F)c(CC(=O)Nc2nnc(CC3CCN(c4cccnn4)CC3)s2)c1. The van der Waals surface area contributed by atoms with E-state index in [1.165, 1.54) is 17.4 Å². The molecule has 1 aliphatic heterocycles. The lowest BCUT2D eigenvalue weighted by Crippen LogP contribution is -2.34. The molecule has 30 heavy (non-hydrogen) atoms. The van der Waals surface area contributed by atoms with Crippen molar-refractivity contribution in [2.75, 3.05) is 23.3 Å². The van der Waals surface area contributed by atoms with E-state index in [-0.39, 0.29) is 18.1 Å². The predicted molar refractivity (Wildman–Crippen MR) is 114 cm³/mol. The quantitative estimate of drug-likeness (QED) is 0.650. The molecule has 1 aliphatic rings. The smallest absolute Gasteiger partial charge is 0.230 e. The molecule has 0 atom stereocenters. The van der Waals surface area contributed by atoms with Crippen LogP contribution in [0.5, 0.6) is 0 Å². The van der Waals surface area contributed by atoms with Gasteiger partial charge in [-0.3, -0.25) is 4.79 Å². The van der Waals surface area contributed by atoms with Gasteiger partial charge in [-0.1, -0.05) is 29.0 Å². The summed E-state index contributed by atoms with van der Waals surface area (Å²) in [6.45, 7) is 3.75. The Hall–Kier alpha value is -2.94. The van der Waals surface area contributed by atoms with E-state index in [9.17, 15) is 9.18 Å². The molecule has 1 amide bonds. The molecule has 0 unspecified atom stereocenters. The summed E-state index contributed by atoms with van der Waals surface area (Å²) in [5.74, 6) is 0.777. The molecule has 3 aromatic rings. The highest BCUT2D eigenvalue weighted by molar-refractivity contribution is 7.15. The van der Waals surface area contributed by atoms with Gasteiger partial charge in [-0.25, -0.2) is 4.39 Å². The molecule has 7 nitrogen and oxygen atoms in total. The fourth-order valence-electron chi connectivity index (χ4n) is 3.64. The highest BCUT2D eigenvalue weighted by atomic mass is 32.1. The molecule has 2 aromatic heterocycles. The van der Waals surface area contributed by atoms with E-state index in [0.29, 0.717) is 16.6 Å². The first-order chi connectivity index (χ1) is 14.6. The summed E-state index contributed by atoms with van der Waals surface area (Å²) >= 11 is 1.39. The van der Waals surface area contributed by atoms with E-state index < -0.39 is 0 Å². The molecule has 156 valence electrons. The summed E-state index contributed by atoms with van der Waals surface area (Å²) < 4.78 is 13.9. The second-order valence-electron chi connectivity index (χ2n) is 7.54. The van der Waals surface area contributed by atoms with E-state index in [0.717, 1.165) is 48.7 Å². The number of hydrogen-bond donors (Lipinski definition) is 1. The van der Waals surface area contributed by atoms with Crippen LogP contribution in [0, 0.1) is 18.7 Å². The minimum Gasteiger partial charge on any atom is -0.355 e. The van der Waals surface area contributed by atoms with E-state index in [2.05, 4.69) is 30.6 Å². The second-order valence-corrected chi connectivity index (χ2v) is 8.60. The van der Waals surface area contributed by atoms with Crippen LogP contribution in [0.25, 0.3) is 0 Å². The third kappa shape index (κ3) is 5.15. The van der Waals surface area contributed by atoms with E-state index >= 15 is 0 Å². The van der Waals surface area contributed by atoms with Crippen LogP contribution in [-0.4, -0.2) is 39.4 Å². The number of carbonyl (C=O) groups excluding carboxylic acids is 1. The van der Waals surface area contributed by atoms with Gasteiger partial charge in [0, 0.05) is 25.7 Å². The molecule has 4 rings (SSSR count). The Morgan fingerprint density at radius 2 is 2.07 bits per heavy atom. The van der Waals surface area contributed by atoms with Crippen molar-refractivity contribution in [1.29, 1.82) is 0 Å². The maximum Gasteiger partial charge on any atom is 0.230 e. The van der Waals surface area contributed by atoms with Crippen LogP contribution >= 0.6 is 11.3 Å². The first-order valence-corrected chi connectivity index (χ1v) is 10.8. The number of aromatic nitrogens is 4. The maximum atomic E-state index is 13.9. The van der Waals surface area contributed by atoms with E-state index in [4.69, 9.17) is 0 Å². The van der Waals surface area contributed by atoms with Crippen LogP contribution in [-0.2, 0) is 17.6 Å². The molecule has 0 bridgehead atoms. The number of nitrogens with one attached hydrogen (secondary N) is 1. The molecule has 0 radical (unpaired) electrons. The standard InChI is InChI=1S/C21H23FN6OS/c1-14-4-5-17(22)16(11-14)13-19(29)24-21-27-26-20(30-21)12-15-6-9-28(10-7-15)18-3-2-8-23-25-18/h2-5,8,11,15H,6-7,9-10,12-13H2,1H3,(H,24,27,29). The topological polar surface area (TPSA) is 83.9 Å². The largest absolute Gasteiger partial charge is 0.355 e. The summed E-state index contributed by atoms with van der Waals surface area (Å²) in [5.41, 5.74) is 1.30. The van der Waals surface area contributed by atoms with Gasteiger partial charge in [0.2, 0.25) is 11.0 Å². The third-order valence-electron chi connectivity index (χ3n) is 5.23. The Morgan fingerprint density at radius 3 is 2.83 bits per heavy atom. The van der Waals surface area contributed by atoms with Crippen molar-refractivity contribution in [1.82, 2.24) is 20.4 Å². The number of nitrogens with zero attached hydrogens (tertiary/aromatic N) is 5. The van der Waals surface area contributed by atoms with Crippen molar-refractivity contribution in [3.8, 4) is 0 Å². The zero-order chi connectivity index (χ0) is 20.9. The molecule has 1 N–H and O–H groups in total. The van der Waals surface area contributed by atoms with E-state index in [1.807, 2.05) is 19.1 Å². The van der Waals surface area contributed by atoms with Crippen molar-refractivity contribution in [3.63, 3.8) is 0 Å². The first kappa shape index (κ1) is 20.3. The number of amides is 1. The van der Waals surface area contributed by atoms with E-state index in [1.54, 1.807) is 18.3 Å². The summed E-state index contributed by atoms with van der Waals surface area (Å²) in [5, 5.41) is 20.5. The van der Waals surface area contributed by atoms with Gasteiger partial charge in [-0.15, -0.1) is 15.3 Å². The predicted octanol–water partition coefficient (Wildman–Crippen LogP) is 3.42. The van der Waals surface area contributed by atoms with Gasteiger partial charge in [-0.05, 0) is 49.4 Å². The third-order valence-corrected chi connectivity index (χ3v) is 6.09. The van der Waals surface area contributed by atoms with Crippen LogP contribution in [0.1, 0.15) is 29.0 Å². The fraction of sp³-hybridized carbons (Fsp3) is 0.381. The zero-order valence-corrected chi connectivity index (χ0v) is 17.5. The number of carbonyl (C=O) groups is 1. The number of aryl methyl sites for hydroxylation is 1. The fourth-order valence-corrected chi connectivity index (χ4v) is 4.51. The number of anilines is 2. The monoisotopic (exact) mass is 426 g/mol. The molecule has 0 spiro atoms. The minimum atomic E-state index is -0.374. The maximum absolute atomic E-state index is 13.9. The Kier molecular flexibility index (Phi) is 6.27. The Morgan fingerprint density at radius 1 is 1.23 bits per heavy atom. The van der Waals surface area contributed by atoms with Gasteiger partial charge in [0.25, 0.3) is 0 Å². The average Bonchev–Trinajstić information content (AvgIpc) is 3.18. The molecule has 0 saturated carbocycles. The summed E-state index contributed by atoms with van der Waals surface area (Å²) in [7, 11) is 0. The Balaban J connectivity index is 1.27. The normalized spacial score (nSPS) is 14.7. The number of rotatable bonds is 6. The lowest BCUT2D eigenvalue weighted by molar-refractivity contribution is -0.115. The molecule has 9 heteroatoms. The Labute approximate surface area is 178 Å². The summed E-state index contributed by atoms with van der Waals surface area (Å²) in [6, 6.07) is 8.64. The van der Waals surface area contributed by atoms with Crippen LogP contribution in [0.15, 0.2) is 36.5 Å². The molecule has 1 saturated heterocycles. The molecule has 1 aromatic carbocycles. The summed E-state index contributed by atoms with van der Waals surface area (Å²) in [6.07, 6.45) is 4.59. The van der Waals surface area contributed by atoms with Crippen molar-refractivity contribution in [2.24, 2.45) is 5.92 Å². The average molecular weight is 427 g/mol. The van der Waals surface area contributed by atoms with Crippen LogP contribution < -0.4 is 10.2 Å². The number of halogens is 1. The van der Waals surface area contributed by atoms with Gasteiger partial charge in [0.15, 0.2) is 5.82 Å². The zero-order valence-electron chi connectivity index (χ0n) is 16.7. The lowest BCUT2D eigenvalue weighted by Gasteiger charge is -2.32. The van der Waals surface area contributed by atoms with Crippen molar-refractivity contribution >= 4 is 28.2 Å². The molecule has 1 fully saturated rings. The van der Waals surface area contributed by atoms with Crippen molar-refractivity contribution in [2.45, 2.75) is 32.6 Å². The summed E-state index contributed by atoms with van der Waals surface area (Å²) in [4.78, 5) is 14.5. The number of piperidine rings is 1. The van der Waals surface area contributed by atoms with Gasteiger partial charge in [0.05, 0.1) is 6.42 Å². The van der Waals surface area contributed by atoms with Crippen molar-refractivity contribution in [3.05, 3.63) is 58.5 Å². The second kappa shape index (κ2) is 9.25. The molecular weight excluding hydrogens is 403 g/mol. The van der Waals surface area contributed by atoms with Gasteiger partial charge in [0.1, 0.15) is 10.8 Å². The van der Waals surface area contributed by atoms with Gasteiger partial charge in [-0.2, -0.15) is 5.10 Å². The van der Waals surface area contributed by atoms with Gasteiger partial charge < -0.3 is 10.2 Å². The first-order valence-electron chi connectivity index (χ1n) is 9.97. The minimum absolute atomic E-state index is 0.0245. The highest BCUT2D eigenvalue weighted by Crippen LogP contribution is 2.26. The number of benzene rings is 1. The van der Waals surface area contributed by atoms with Crippen molar-refractivity contribution < 1.29 is 9.18 Å². The van der Waals surface area contributed by atoms with Crippen LogP contribution in [0.2, 0.25) is 0 Å². The Bertz CT molecular complexity index is 1000. The highest BCUT2D eigenvalue weighted by Gasteiger charge is 2.22. The molecule has 0 aliphatic carbocycles. The van der Waals surface area contributed by atoms with Crippen LogP contribution in [0.4, 0.5) is 15.3 Å².